The molecule has 1 aliphatic rings. The van der Waals surface area contributed by atoms with Gasteiger partial charge in [-0.25, -0.2) is 0 Å². The first-order valence-electron chi connectivity index (χ1n) is 8.24. The molecular weight excluding hydrogens is 282 g/mol. The van der Waals surface area contributed by atoms with E-state index in [0.29, 0.717) is 25.7 Å². The van der Waals surface area contributed by atoms with Crippen LogP contribution in [0.15, 0.2) is 0 Å². The highest BCUT2D eigenvalue weighted by atomic mass is 16.5. The average Bonchev–Trinajstić information content (AvgIpc) is 2.51. The minimum atomic E-state index is -0.0493. The van der Waals surface area contributed by atoms with Crippen molar-refractivity contribution in [3.8, 4) is 0 Å². The molecule has 6 nitrogen and oxygen atoms in total. The molecule has 0 aromatic heterocycles. The van der Waals surface area contributed by atoms with Crippen LogP contribution in [0.5, 0.6) is 0 Å². The van der Waals surface area contributed by atoms with Crippen LogP contribution >= 0.6 is 0 Å². The molecule has 1 N–H and O–H groups in total. The largest absolute Gasteiger partial charge is 0.385 e. The second-order valence-corrected chi connectivity index (χ2v) is 6.17. The lowest BCUT2D eigenvalue weighted by Gasteiger charge is -2.32. The van der Waals surface area contributed by atoms with E-state index in [1.807, 2.05) is 11.9 Å². The van der Waals surface area contributed by atoms with Gasteiger partial charge in [0.25, 0.3) is 0 Å². The number of likely N-dealkylation sites (N-methyl/N-ethyl adjacent to an activating group) is 2. The standard InChI is InChI=1S/C16H31N3O3/c1-18(12-15(20)17-10-7-11-22-3)13-16(21)19(2)14-8-5-4-6-9-14/h14H,4-13H2,1-3H3,(H,17,20). The third-order valence-electron chi connectivity index (χ3n) is 4.18. The first-order valence-corrected chi connectivity index (χ1v) is 8.24. The van der Waals surface area contributed by atoms with Crippen LogP contribution in [0.25, 0.3) is 0 Å². The molecule has 0 aromatic rings. The Hall–Kier alpha value is -1.14. The van der Waals surface area contributed by atoms with Gasteiger partial charge in [0.1, 0.15) is 0 Å². The second kappa shape index (κ2) is 10.6. The number of carbonyl (C=O) groups is 2. The fourth-order valence-corrected chi connectivity index (χ4v) is 2.82. The number of hydrogen-bond donors (Lipinski definition) is 1. The van der Waals surface area contributed by atoms with Crippen LogP contribution in [-0.4, -0.2) is 75.1 Å². The molecule has 1 aliphatic carbocycles. The van der Waals surface area contributed by atoms with Gasteiger partial charge in [-0.1, -0.05) is 19.3 Å². The molecule has 0 spiro atoms. The van der Waals surface area contributed by atoms with Crippen LogP contribution in [0.3, 0.4) is 0 Å². The Labute approximate surface area is 134 Å². The van der Waals surface area contributed by atoms with Crippen molar-refractivity contribution in [2.45, 2.75) is 44.6 Å². The quantitative estimate of drug-likeness (QED) is 0.642. The smallest absolute Gasteiger partial charge is 0.236 e. The van der Waals surface area contributed by atoms with Crippen molar-refractivity contribution in [2.24, 2.45) is 0 Å². The lowest BCUT2D eigenvalue weighted by Crippen LogP contribution is -2.45. The number of carbonyl (C=O) groups excluding carboxylic acids is 2. The van der Waals surface area contributed by atoms with Gasteiger partial charge < -0.3 is 15.0 Å². The fraction of sp³-hybridized carbons (Fsp3) is 0.875. The van der Waals surface area contributed by atoms with Crippen molar-refractivity contribution in [2.75, 3.05) is 47.4 Å². The number of ether oxygens (including phenoxy) is 1. The van der Waals surface area contributed by atoms with E-state index in [2.05, 4.69) is 5.32 Å². The van der Waals surface area contributed by atoms with E-state index in [-0.39, 0.29) is 18.4 Å². The highest BCUT2D eigenvalue weighted by Crippen LogP contribution is 2.21. The summed E-state index contributed by atoms with van der Waals surface area (Å²) in [6.45, 7) is 1.78. The summed E-state index contributed by atoms with van der Waals surface area (Å²) in [7, 11) is 5.34. The van der Waals surface area contributed by atoms with Crippen LogP contribution in [0, 0.1) is 0 Å². The molecule has 0 bridgehead atoms. The van der Waals surface area contributed by atoms with Gasteiger partial charge in [-0.15, -0.1) is 0 Å². The van der Waals surface area contributed by atoms with Gasteiger partial charge in [-0.2, -0.15) is 0 Å². The SMILES string of the molecule is COCCCNC(=O)CN(C)CC(=O)N(C)C1CCCCC1. The van der Waals surface area contributed by atoms with Gasteiger partial charge in [0.15, 0.2) is 0 Å². The van der Waals surface area contributed by atoms with Gasteiger partial charge in [-0.3, -0.25) is 14.5 Å². The van der Waals surface area contributed by atoms with Crippen molar-refractivity contribution in [3.05, 3.63) is 0 Å². The maximum absolute atomic E-state index is 12.3. The molecule has 22 heavy (non-hydrogen) atoms. The average molecular weight is 313 g/mol. The Morgan fingerprint density at radius 2 is 1.82 bits per heavy atom. The molecule has 1 saturated carbocycles. The van der Waals surface area contributed by atoms with Gasteiger partial charge in [0, 0.05) is 33.4 Å². The molecule has 0 atom stereocenters. The molecule has 0 heterocycles. The second-order valence-electron chi connectivity index (χ2n) is 6.17. The van der Waals surface area contributed by atoms with E-state index in [4.69, 9.17) is 4.74 Å². The summed E-state index contributed by atoms with van der Waals surface area (Å²) >= 11 is 0. The monoisotopic (exact) mass is 313 g/mol. The van der Waals surface area contributed by atoms with Crippen molar-refractivity contribution in [1.82, 2.24) is 15.1 Å². The Morgan fingerprint density at radius 3 is 2.45 bits per heavy atom. The van der Waals surface area contributed by atoms with E-state index in [0.717, 1.165) is 19.3 Å². The van der Waals surface area contributed by atoms with Gasteiger partial charge in [0.05, 0.1) is 13.1 Å². The Bertz CT molecular complexity index is 344. The first-order chi connectivity index (χ1) is 10.5. The molecule has 0 aromatic carbocycles. The van der Waals surface area contributed by atoms with Gasteiger partial charge in [0.2, 0.25) is 11.8 Å². The number of nitrogens with zero attached hydrogens (tertiary/aromatic N) is 2. The van der Waals surface area contributed by atoms with Crippen LogP contribution in [0.1, 0.15) is 38.5 Å². The normalized spacial score (nSPS) is 15.8. The van der Waals surface area contributed by atoms with Crippen LogP contribution in [0.4, 0.5) is 0 Å². The summed E-state index contributed by atoms with van der Waals surface area (Å²) in [5, 5.41) is 2.83. The van der Waals surface area contributed by atoms with E-state index in [1.54, 1.807) is 19.1 Å². The lowest BCUT2D eigenvalue weighted by atomic mass is 9.94. The van der Waals surface area contributed by atoms with E-state index < -0.39 is 0 Å². The summed E-state index contributed by atoms with van der Waals surface area (Å²) < 4.78 is 4.93. The molecule has 0 saturated heterocycles. The predicted molar refractivity (Wildman–Crippen MR) is 86.6 cm³/mol. The van der Waals surface area contributed by atoms with Crippen LogP contribution < -0.4 is 5.32 Å². The maximum atomic E-state index is 12.3. The molecule has 0 radical (unpaired) electrons. The van der Waals surface area contributed by atoms with Gasteiger partial charge in [-0.05, 0) is 26.3 Å². The zero-order valence-electron chi connectivity index (χ0n) is 14.3. The minimum Gasteiger partial charge on any atom is -0.385 e. The molecular formula is C16H31N3O3. The molecule has 1 fully saturated rings. The van der Waals surface area contributed by atoms with Gasteiger partial charge >= 0.3 is 0 Å². The number of amides is 2. The molecule has 6 heteroatoms. The number of rotatable bonds is 9. The Kier molecular flexibility index (Phi) is 9.08. The topological polar surface area (TPSA) is 61.9 Å². The highest BCUT2D eigenvalue weighted by molar-refractivity contribution is 5.81. The van der Waals surface area contributed by atoms with E-state index in [9.17, 15) is 9.59 Å². The fourth-order valence-electron chi connectivity index (χ4n) is 2.82. The number of methoxy groups -OCH3 is 1. The van der Waals surface area contributed by atoms with Crippen LogP contribution in [0.2, 0.25) is 0 Å². The summed E-state index contributed by atoms with van der Waals surface area (Å²) in [6.07, 6.45) is 6.71. The Balaban J connectivity index is 2.23. The molecule has 128 valence electrons. The highest BCUT2D eigenvalue weighted by Gasteiger charge is 2.23. The zero-order valence-corrected chi connectivity index (χ0v) is 14.3. The molecule has 0 aliphatic heterocycles. The minimum absolute atomic E-state index is 0.0493. The molecule has 2 amide bonds. The lowest BCUT2D eigenvalue weighted by molar-refractivity contribution is -0.134. The summed E-state index contributed by atoms with van der Waals surface area (Å²) in [5.41, 5.74) is 0. The molecule has 1 rings (SSSR count). The third kappa shape index (κ3) is 7.22. The zero-order chi connectivity index (χ0) is 16.4. The number of hydrogen-bond acceptors (Lipinski definition) is 4. The predicted octanol–water partition coefficient (Wildman–Crippen LogP) is 0.862. The summed E-state index contributed by atoms with van der Waals surface area (Å²) in [5.74, 6) is 0.0494. The summed E-state index contributed by atoms with van der Waals surface area (Å²) in [6, 6.07) is 0.373. The third-order valence-corrected chi connectivity index (χ3v) is 4.18. The van der Waals surface area contributed by atoms with E-state index in [1.165, 1.54) is 19.3 Å². The van der Waals surface area contributed by atoms with Crippen molar-refractivity contribution >= 4 is 11.8 Å². The number of nitrogens with one attached hydrogen (secondary N) is 1. The first kappa shape index (κ1) is 18.9. The van der Waals surface area contributed by atoms with Crippen molar-refractivity contribution in [3.63, 3.8) is 0 Å². The maximum Gasteiger partial charge on any atom is 0.236 e. The Morgan fingerprint density at radius 1 is 1.14 bits per heavy atom. The van der Waals surface area contributed by atoms with Crippen molar-refractivity contribution in [1.29, 1.82) is 0 Å². The van der Waals surface area contributed by atoms with Crippen molar-refractivity contribution < 1.29 is 14.3 Å². The van der Waals surface area contributed by atoms with E-state index >= 15 is 0 Å². The van der Waals surface area contributed by atoms with Crippen LogP contribution in [-0.2, 0) is 14.3 Å². The summed E-state index contributed by atoms with van der Waals surface area (Å²) in [4.78, 5) is 27.7. The molecule has 0 unspecified atom stereocenters.